The molecule has 0 spiro atoms. The van der Waals surface area contributed by atoms with Gasteiger partial charge in [-0.15, -0.1) is 5.10 Å². The van der Waals surface area contributed by atoms with E-state index in [9.17, 15) is 14.9 Å². The molecule has 0 atom stereocenters. The third-order valence-corrected chi connectivity index (χ3v) is 4.21. The zero-order valence-corrected chi connectivity index (χ0v) is 13.3. The summed E-state index contributed by atoms with van der Waals surface area (Å²) < 4.78 is 1.44. The third kappa shape index (κ3) is 2.98. The Bertz CT molecular complexity index is 779. The number of nitro benzene ring substituents is 1. The van der Waals surface area contributed by atoms with Crippen molar-refractivity contribution in [3.05, 3.63) is 45.8 Å². The highest BCUT2D eigenvalue weighted by Crippen LogP contribution is 2.20. The van der Waals surface area contributed by atoms with Crippen molar-refractivity contribution in [1.29, 1.82) is 0 Å². The van der Waals surface area contributed by atoms with Gasteiger partial charge in [0.2, 0.25) is 0 Å². The number of piperidine rings is 1. The molecule has 24 heavy (non-hydrogen) atoms. The van der Waals surface area contributed by atoms with Crippen LogP contribution in [0.15, 0.2) is 24.3 Å². The van der Waals surface area contributed by atoms with Crippen LogP contribution in [-0.4, -0.2) is 49.9 Å². The summed E-state index contributed by atoms with van der Waals surface area (Å²) in [6, 6.07) is 6.19. The van der Waals surface area contributed by atoms with Gasteiger partial charge in [0.25, 0.3) is 11.6 Å². The van der Waals surface area contributed by atoms with E-state index in [4.69, 9.17) is 5.73 Å². The summed E-state index contributed by atoms with van der Waals surface area (Å²) in [4.78, 5) is 24.8. The molecule has 1 aliphatic heterocycles. The van der Waals surface area contributed by atoms with Crippen molar-refractivity contribution in [3.63, 3.8) is 0 Å². The zero-order valence-electron chi connectivity index (χ0n) is 13.3. The fraction of sp³-hybridized carbons (Fsp3) is 0.400. The fourth-order valence-corrected chi connectivity index (χ4v) is 2.76. The predicted octanol–water partition coefficient (Wildman–Crippen LogP) is 1.05. The largest absolute Gasteiger partial charge is 0.337 e. The predicted molar refractivity (Wildman–Crippen MR) is 85.9 cm³/mol. The highest BCUT2D eigenvalue weighted by Gasteiger charge is 2.26. The third-order valence-electron chi connectivity index (χ3n) is 4.21. The topological polar surface area (TPSA) is 120 Å². The first-order valence-corrected chi connectivity index (χ1v) is 7.69. The lowest BCUT2D eigenvalue weighted by Gasteiger charge is -2.29. The zero-order chi connectivity index (χ0) is 17.3. The Hall–Kier alpha value is -2.81. The summed E-state index contributed by atoms with van der Waals surface area (Å²) >= 11 is 0. The molecule has 0 saturated carbocycles. The van der Waals surface area contributed by atoms with Gasteiger partial charge in [-0.05, 0) is 25.8 Å². The summed E-state index contributed by atoms with van der Waals surface area (Å²) in [5.74, 6) is -0.184. The van der Waals surface area contributed by atoms with Crippen molar-refractivity contribution in [2.45, 2.75) is 25.8 Å². The molecule has 1 saturated heterocycles. The number of carbonyl (C=O) groups excluding carboxylic acids is 1. The molecule has 2 heterocycles. The minimum atomic E-state index is -0.473. The smallest absolute Gasteiger partial charge is 0.276 e. The van der Waals surface area contributed by atoms with Gasteiger partial charge in [-0.2, -0.15) is 0 Å². The molecule has 2 N–H and O–H groups in total. The number of rotatable bonds is 3. The van der Waals surface area contributed by atoms with Crippen molar-refractivity contribution < 1.29 is 9.72 Å². The summed E-state index contributed by atoms with van der Waals surface area (Å²) in [6.45, 7) is 2.92. The number of aromatic nitrogens is 3. The maximum absolute atomic E-state index is 12.6. The fourth-order valence-electron chi connectivity index (χ4n) is 2.76. The Balaban J connectivity index is 1.87. The second-order valence-electron chi connectivity index (χ2n) is 5.84. The lowest BCUT2D eigenvalue weighted by Crippen LogP contribution is -2.43. The standard InChI is InChI=1S/C15H18N6O3/c1-10-14(15(22)19-7-5-11(16)6-8-19)17-18-20(10)12-3-2-4-13(9-12)21(23)24/h2-4,9,11H,5-8,16H2,1H3. The Morgan fingerprint density at radius 2 is 2.08 bits per heavy atom. The van der Waals surface area contributed by atoms with Crippen LogP contribution in [0.2, 0.25) is 0 Å². The molecule has 0 unspecified atom stereocenters. The van der Waals surface area contributed by atoms with Gasteiger partial charge >= 0.3 is 0 Å². The van der Waals surface area contributed by atoms with E-state index in [0.29, 0.717) is 24.5 Å². The molecule has 1 fully saturated rings. The molecule has 3 rings (SSSR count). The van der Waals surface area contributed by atoms with Crippen LogP contribution >= 0.6 is 0 Å². The summed E-state index contributed by atoms with van der Waals surface area (Å²) in [6.07, 6.45) is 1.54. The van der Waals surface area contributed by atoms with Crippen molar-refractivity contribution >= 4 is 11.6 Å². The first-order chi connectivity index (χ1) is 11.5. The lowest BCUT2D eigenvalue weighted by molar-refractivity contribution is -0.384. The van der Waals surface area contributed by atoms with E-state index in [1.165, 1.54) is 16.8 Å². The Morgan fingerprint density at radius 3 is 2.75 bits per heavy atom. The minimum Gasteiger partial charge on any atom is -0.337 e. The molecular formula is C15H18N6O3. The number of carbonyl (C=O) groups is 1. The molecule has 1 aliphatic rings. The van der Waals surface area contributed by atoms with Crippen LogP contribution in [0, 0.1) is 17.0 Å². The van der Waals surface area contributed by atoms with Gasteiger partial charge in [-0.3, -0.25) is 14.9 Å². The quantitative estimate of drug-likeness (QED) is 0.663. The van der Waals surface area contributed by atoms with Crippen molar-refractivity contribution in [3.8, 4) is 5.69 Å². The van der Waals surface area contributed by atoms with Crippen LogP contribution in [-0.2, 0) is 0 Å². The van der Waals surface area contributed by atoms with E-state index in [-0.39, 0.29) is 23.3 Å². The number of nitrogens with zero attached hydrogens (tertiary/aromatic N) is 5. The van der Waals surface area contributed by atoms with Crippen LogP contribution in [0.1, 0.15) is 29.0 Å². The van der Waals surface area contributed by atoms with E-state index >= 15 is 0 Å². The van der Waals surface area contributed by atoms with Crippen molar-refractivity contribution in [2.75, 3.05) is 13.1 Å². The van der Waals surface area contributed by atoms with Gasteiger partial charge in [-0.1, -0.05) is 11.3 Å². The molecule has 126 valence electrons. The molecule has 0 aliphatic carbocycles. The van der Waals surface area contributed by atoms with Crippen LogP contribution in [0.25, 0.3) is 5.69 Å². The molecule has 1 aromatic heterocycles. The summed E-state index contributed by atoms with van der Waals surface area (Å²) in [7, 11) is 0. The van der Waals surface area contributed by atoms with Crippen LogP contribution in [0.5, 0.6) is 0 Å². The van der Waals surface area contributed by atoms with Crippen LogP contribution < -0.4 is 5.73 Å². The van der Waals surface area contributed by atoms with E-state index < -0.39 is 4.92 Å². The highest BCUT2D eigenvalue weighted by atomic mass is 16.6. The maximum atomic E-state index is 12.6. The Morgan fingerprint density at radius 1 is 1.38 bits per heavy atom. The Kier molecular flexibility index (Phi) is 4.26. The normalized spacial score (nSPS) is 15.5. The second kappa shape index (κ2) is 6.36. The number of non-ortho nitro benzene ring substituents is 1. The molecule has 1 amide bonds. The molecule has 0 radical (unpaired) electrons. The van der Waals surface area contributed by atoms with E-state index in [0.717, 1.165) is 12.8 Å². The second-order valence-corrected chi connectivity index (χ2v) is 5.84. The van der Waals surface area contributed by atoms with Crippen LogP contribution in [0.3, 0.4) is 0 Å². The number of likely N-dealkylation sites (tertiary alicyclic amines) is 1. The van der Waals surface area contributed by atoms with Gasteiger partial charge in [0.05, 0.1) is 16.3 Å². The number of amides is 1. The number of nitro groups is 1. The monoisotopic (exact) mass is 330 g/mol. The Labute approximate surface area is 138 Å². The van der Waals surface area contributed by atoms with E-state index in [2.05, 4.69) is 10.3 Å². The van der Waals surface area contributed by atoms with Gasteiger partial charge in [-0.25, -0.2) is 4.68 Å². The molecule has 2 aromatic rings. The minimum absolute atomic E-state index is 0.0414. The number of benzene rings is 1. The average molecular weight is 330 g/mol. The first-order valence-electron chi connectivity index (χ1n) is 7.69. The molecular weight excluding hydrogens is 312 g/mol. The average Bonchev–Trinajstić information content (AvgIpc) is 2.96. The molecule has 0 bridgehead atoms. The van der Waals surface area contributed by atoms with Crippen molar-refractivity contribution in [1.82, 2.24) is 19.9 Å². The van der Waals surface area contributed by atoms with E-state index in [1.54, 1.807) is 24.0 Å². The van der Waals surface area contributed by atoms with Gasteiger partial charge in [0.1, 0.15) is 0 Å². The van der Waals surface area contributed by atoms with Crippen molar-refractivity contribution in [2.24, 2.45) is 5.73 Å². The van der Waals surface area contributed by atoms with E-state index in [1.807, 2.05) is 0 Å². The summed E-state index contributed by atoms with van der Waals surface area (Å²) in [5, 5.41) is 18.9. The number of hydrogen-bond donors (Lipinski definition) is 1. The van der Waals surface area contributed by atoms with Crippen LogP contribution in [0.4, 0.5) is 5.69 Å². The molecule has 9 heteroatoms. The number of nitrogens with two attached hydrogens (primary N) is 1. The first kappa shape index (κ1) is 16.1. The highest BCUT2D eigenvalue weighted by molar-refractivity contribution is 5.93. The lowest BCUT2D eigenvalue weighted by atomic mass is 10.1. The SMILES string of the molecule is Cc1c(C(=O)N2CCC(N)CC2)nnn1-c1cccc([N+](=O)[O-])c1. The van der Waals surface area contributed by atoms with Gasteiger partial charge in [0.15, 0.2) is 5.69 Å². The van der Waals surface area contributed by atoms with Gasteiger partial charge in [0, 0.05) is 31.3 Å². The maximum Gasteiger partial charge on any atom is 0.276 e. The van der Waals surface area contributed by atoms with Gasteiger partial charge < -0.3 is 10.6 Å². The molecule has 9 nitrogen and oxygen atoms in total. The number of hydrogen-bond acceptors (Lipinski definition) is 6. The summed E-state index contributed by atoms with van der Waals surface area (Å²) in [5.41, 5.74) is 7.12. The molecule has 1 aromatic carbocycles.